The smallest absolute Gasteiger partial charge is 0.227 e. The molecule has 2 rings (SSSR count). The van der Waals surface area contributed by atoms with Crippen LogP contribution in [-0.4, -0.2) is 31.0 Å². The molecule has 4 heteroatoms. The number of hydrogen-bond donors (Lipinski definition) is 0. The predicted octanol–water partition coefficient (Wildman–Crippen LogP) is 3.93. The van der Waals surface area contributed by atoms with Crippen molar-refractivity contribution >= 4 is 17.5 Å². The molecule has 1 aliphatic rings. The molecule has 0 heterocycles. The van der Waals surface area contributed by atoms with E-state index < -0.39 is 0 Å². The summed E-state index contributed by atoms with van der Waals surface area (Å²) in [6.45, 7) is 2.24. The lowest BCUT2D eigenvalue weighted by Gasteiger charge is -2.36. The Morgan fingerprint density at radius 1 is 1.38 bits per heavy atom. The van der Waals surface area contributed by atoms with Gasteiger partial charge in [0.2, 0.25) is 5.91 Å². The molecule has 0 bridgehead atoms. The van der Waals surface area contributed by atoms with Crippen LogP contribution in [0.4, 0.5) is 0 Å². The van der Waals surface area contributed by atoms with Crippen molar-refractivity contribution in [3.8, 4) is 5.75 Å². The van der Waals surface area contributed by atoms with E-state index in [0.29, 0.717) is 23.4 Å². The quantitative estimate of drug-likeness (QED) is 0.843. The Kier molecular flexibility index (Phi) is 5.51. The van der Waals surface area contributed by atoms with Crippen molar-refractivity contribution in [3.05, 3.63) is 28.8 Å². The van der Waals surface area contributed by atoms with Gasteiger partial charge in [0, 0.05) is 23.7 Å². The third-order valence-electron chi connectivity index (χ3n) is 4.54. The minimum Gasteiger partial charge on any atom is -0.496 e. The first-order valence-corrected chi connectivity index (χ1v) is 7.98. The fourth-order valence-electron chi connectivity index (χ4n) is 3.23. The molecular weight excluding hydrogens is 286 g/mol. The van der Waals surface area contributed by atoms with Gasteiger partial charge in [0.05, 0.1) is 13.5 Å². The van der Waals surface area contributed by atoms with E-state index in [1.165, 1.54) is 19.3 Å². The number of carbonyl (C=O) groups is 1. The van der Waals surface area contributed by atoms with Crippen LogP contribution < -0.4 is 4.74 Å². The first-order valence-electron chi connectivity index (χ1n) is 7.61. The van der Waals surface area contributed by atoms with Crippen LogP contribution >= 0.6 is 11.6 Å². The van der Waals surface area contributed by atoms with Crippen molar-refractivity contribution in [1.82, 2.24) is 4.90 Å². The average molecular weight is 310 g/mol. The second kappa shape index (κ2) is 7.17. The van der Waals surface area contributed by atoms with E-state index in [0.717, 1.165) is 17.7 Å². The molecule has 0 spiro atoms. The standard InChI is InChI=1S/C17H24ClNO2/c1-12-6-4-5-7-15(12)19(2)17(20)11-13-10-14(18)8-9-16(13)21-3/h8-10,12,15H,4-7,11H2,1-3H3. The maximum absolute atomic E-state index is 12.6. The zero-order chi connectivity index (χ0) is 15.4. The molecule has 2 atom stereocenters. The summed E-state index contributed by atoms with van der Waals surface area (Å²) in [6, 6.07) is 5.77. The molecule has 0 radical (unpaired) electrons. The summed E-state index contributed by atoms with van der Waals surface area (Å²) in [7, 11) is 3.54. The van der Waals surface area contributed by atoms with Crippen molar-refractivity contribution in [2.24, 2.45) is 5.92 Å². The van der Waals surface area contributed by atoms with Crippen molar-refractivity contribution in [3.63, 3.8) is 0 Å². The molecule has 1 amide bonds. The van der Waals surface area contributed by atoms with E-state index in [1.54, 1.807) is 13.2 Å². The van der Waals surface area contributed by atoms with Gasteiger partial charge in [-0.2, -0.15) is 0 Å². The number of carbonyl (C=O) groups excluding carboxylic acids is 1. The summed E-state index contributed by atoms with van der Waals surface area (Å²) in [5, 5.41) is 0.632. The first-order chi connectivity index (χ1) is 10.0. The van der Waals surface area contributed by atoms with Gasteiger partial charge in [-0.3, -0.25) is 4.79 Å². The Labute approximate surface area is 132 Å². The number of nitrogens with zero attached hydrogens (tertiary/aromatic N) is 1. The Bertz CT molecular complexity index is 504. The SMILES string of the molecule is COc1ccc(Cl)cc1CC(=O)N(C)C1CCCCC1C. The summed E-state index contributed by atoms with van der Waals surface area (Å²) in [6.07, 6.45) is 5.15. The predicted molar refractivity (Wildman–Crippen MR) is 85.9 cm³/mol. The number of hydrogen-bond acceptors (Lipinski definition) is 2. The van der Waals surface area contributed by atoms with E-state index >= 15 is 0 Å². The van der Waals surface area contributed by atoms with Gasteiger partial charge in [0.1, 0.15) is 5.75 Å². The van der Waals surface area contributed by atoms with Gasteiger partial charge >= 0.3 is 0 Å². The van der Waals surface area contributed by atoms with Gasteiger partial charge < -0.3 is 9.64 Å². The Hall–Kier alpha value is -1.22. The highest BCUT2D eigenvalue weighted by Crippen LogP contribution is 2.29. The summed E-state index contributed by atoms with van der Waals surface area (Å²) in [4.78, 5) is 14.5. The van der Waals surface area contributed by atoms with Gasteiger partial charge in [-0.1, -0.05) is 31.4 Å². The fourth-order valence-corrected chi connectivity index (χ4v) is 3.42. The molecule has 1 aromatic carbocycles. The topological polar surface area (TPSA) is 29.5 Å². The van der Waals surface area contributed by atoms with Crippen molar-refractivity contribution in [2.75, 3.05) is 14.2 Å². The van der Waals surface area contributed by atoms with Crippen LogP contribution in [0.3, 0.4) is 0 Å². The van der Waals surface area contributed by atoms with E-state index in [9.17, 15) is 4.79 Å². The number of rotatable bonds is 4. The maximum Gasteiger partial charge on any atom is 0.227 e. The summed E-state index contributed by atoms with van der Waals surface area (Å²) >= 11 is 6.03. The average Bonchev–Trinajstić information content (AvgIpc) is 2.47. The third-order valence-corrected chi connectivity index (χ3v) is 4.78. The molecule has 116 valence electrons. The number of likely N-dealkylation sites (N-methyl/N-ethyl adjacent to an activating group) is 1. The molecule has 0 saturated heterocycles. The molecule has 21 heavy (non-hydrogen) atoms. The fraction of sp³-hybridized carbons (Fsp3) is 0.588. The highest BCUT2D eigenvalue weighted by molar-refractivity contribution is 6.30. The molecule has 1 aliphatic carbocycles. The van der Waals surface area contributed by atoms with Crippen molar-refractivity contribution < 1.29 is 9.53 Å². The first kappa shape index (κ1) is 16.2. The molecule has 3 nitrogen and oxygen atoms in total. The molecule has 2 unspecified atom stereocenters. The van der Waals surface area contributed by atoms with Crippen molar-refractivity contribution in [1.29, 1.82) is 0 Å². The zero-order valence-electron chi connectivity index (χ0n) is 13.1. The summed E-state index contributed by atoms with van der Waals surface area (Å²) < 4.78 is 5.32. The number of methoxy groups -OCH3 is 1. The molecule has 0 aliphatic heterocycles. The van der Waals surface area contributed by atoms with Crippen molar-refractivity contribution in [2.45, 2.75) is 45.1 Å². The number of ether oxygens (including phenoxy) is 1. The third kappa shape index (κ3) is 3.91. The van der Waals surface area contributed by atoms with Gasteiger partial charge in [-0.05, 0) is 37.0 Å². The van der Waals surface area contributed by atoms with E-state index in [1.807, 2.05) is 24.1 Å². The second-order valence-corrected chi connectivity index (χ2v) is 6.40. The molecule has 1 fully saturated rings. The lowest BCUT2D eigenvalue weighted by atomic mass is 9.85. The summed E-state index contributed by atoms with van der Waals surface area (Å²) in [5.41, 5.74) is 0.852. The molecular formula is C17H24ClNO2. The van der Waals surface area contributed by atoms with Crippen LogP contribution in [-0.2, 0) is 11.2 Å². The van der Waals surface area contributed by atoms with Crippen LogP contribution in [0.1, 0.15) is 38.2 Å². The van der Waals surface area contributed by atoms with Crippen LogP contribution in [0.25, 0.3) is 0 Å². The number of halogens is 1. The molecule has 1 saturated carbocycles. The van der Waals surface area contributed by atoms with Gasteiger partial charge in [-0.15, -0.1) is 0 Å². The highest BCUT2D eigenvalue weighted by atomic mass is 35.5. The van der Waals surface area contributed by atoms with Crippen LogP contribution in [0.2, 0.25) is 5.02 Å². The van der Waals surface area contributed by atoms with Crippen LogP contribution in [0.5, 0.6) is 5.75 Å². The van der Waals surface area contributed by atoms with Gasteiger partial charge in [-0.25, -0.2) is 0 Å². The number of amides is 1. The maximum atomic E-state index is 12.6. The summed E-state index contributed by atoms with van der Waals surface area (Å²) in [5.74, 6) is 1.43. The van der Waals surface area contributed by atoms with E-state index in [-0.39, 0.29) is 5.91 Å². The molecule has 0 N–H and O–H groups in total. The monoisotopic (exact) mass is 309 g/mol. The largest absolute Gasteiger partial charge is 0.496 e. The van der Waals surface area contributed by atoms with Crippen LogP contribution in [0.15, 0.2) is 18.2 Å². The lowest BCUT2D eigenvalue weighted by molar-refractivity contribution is -0.132. The molecule has 0 aromatic heterocycles. The Morgan fingerprint density at radius 3 is 2.76 bits per heavy atom. The van der Waals surface area contributed by atoms with E-state index in [4.69, 9.17) is 16.3 Å². The second-order valence-electron chi connectivity index (χ2n) is 5.97. The van der Waals surface area contributed by atoms with Crippen LogP contribution in [0, 0.1) is 5.92 Å². The normalized spacial score (nSPS) is 21.9. The minimum atomic E-state index is 0.134. The van der Waals surface area contributed by atoms with E-state index in [2.05, 4.69) is 6.92 Å². The lowest BCUT2D eigenvalue weighted by Crippen LogP contribution is -2.43. The number of benzene rings is 1. The Balaban J connectivity index is 2.08. The Morgan fingerprint density at radius 2 is 2.10 bits per heavy atom. The van der Waals surface area contributed by atoms with Gasteiger partial charge in [0.15, 0.2) is 0 Å². The highest BCUT2D eigenvalue weighted by Gasteiger charge is 2.28. The minimum absolute atomic E-state index is 0.134. The molecule has 1 aromatic rings. The van der Waals surface area contributed by atoms with Gasteiger partial charge in [0.25, 0.3) is 0 Å². The zero-order valence-corrected chi connectivity index (χ0v) is 13.8.